The SMILES string of the molecule is COc1nc(-c2ccccc2OC)c(C)[nH]1. The number of benzene rings is 1. The summed E-state index contributed by atoms with van der Waals surface area (Å²) in [5, 5.41) is 0. The van der Waals surface area contributed by atoms with E-state index in [0.29, 0.717) is 6.01 Å². The van der Waals surface area contributed by atoms with Crippen molar-refractivity contribution in [3.05, 3.63) is 30.0 Å². The lowest BCUT2D eigenvalue weighted by Gasteiger charge is -2.05. The fourth-order valence-corrected chi connectivity index (χ4v) is 1.63. The molecule has 4 heteroatoms. The highest BCUT2D eigenvalue weighted by Gasteiger charge is 2.12. The summed E-state index contributed by atoms with van der Waals surface area (Å²) in [5.41, 5.74) is 2.78. The predicted molar refractivity (Wildman–Crippen MR) is 61.9 cm³/mol. The van der Waals surface area contributed by atoms with E-state index in [0.717, 1.165) is 22.7 Å². The largest absolute Gasteiger partial charge is 0.496 e. The van der Waals surface area contributed by atoms with Gasteiger partial charge in [0.1, 0.15) is 5.75 Å². The summed E-state index contributed by atoms with van der Waals surface area (Å²) >= 11 is 0. The zero-order valence-electron chi connectivity index (χ0n) is 9.57. The van der Waals surface area contributed by atoms with Crippen LogP contribution in [0.15, 0.2) is 24.3 Å². The molecule has 0 amide bonds. The Bertz CT molecular complexity index is 492. The molecular weight excluding hydrogens is 204 g/mol. The maximum absolute atomic E-state index is 5.30. The third-order valence-electron chi connectivity index (χ3n) is 2.42. The maximum atomic E-state index is 5.30. The van der Waals surface area contributed by atoms with E-state index < -0.39 is 0 Å². The molecule has 4 nitrogen and oxygen atoms in total. The van der Waals surface area contributed by atoms with E-state index in [2.05, 4.69) is 9.97 Å². The number of rotatable bonds is 3. The molecule has 0 spiro atoms. The first-order chi connectivity index (χ1) is 7.76. The van der Waals surface area contributed by atoms with Crippen LogP contribution in [0.5, 0.6) is 11.8 Å². The molecule has 0 bridgehead atoms. The molecule has 0 aliphatic heterocycles. The molecule has 1 N–H and O–H groups in total. The second-order valence-corrected chi connectivity index (χ2v) is 3.42. The van der Waals surface area contributed by atoms with Crippen molar-refractivity contribution < 1.29 is 9.47 Å². The summed E-state index contributed by atoms with van der Waals surface area (Å²) in [6, 6.07) is 8.29. The van der Waals surface area contributed by atoms with Crippen LogP contribution in [-0.2, 0) is 0 Å². The number of imidazole rings is 1. The molecule has 84 valence electrons. The minimum atomic E-state index is 0.512. The van der Waals surface area contributed by atoms with Crippen molar-refractivity contribution in [3.63, 3.8) is 0 Å². The molecule has 0 fully saturated rings. The molecule has 0 saturated heterocycles. The number of para-hydroxylation sites is 1. The minimum Gasteiger partial charge on any atom is -0.496 e. The van der Waals surface area contributed by atoms with Crippen molar-refractivity contribution in [2.75, 3.05) is 14.2 Å². The van der Waals surface area contributed by atoms with Crippen molar-refractivity contribution in [1.29, 1.82) is 0 Å². The molecule has 0 radical (unpaired) electrons. The second-order valence-electron chi connectivity index (χ2n) is 3.42. The number of H-pyrrole nitrogens is 1. The van der Waals surface area contributed by atoms with Gasteiger partial charge in [-0.3, -0.25) is 0 Å². The van der Waals surface area contributed by atoms with E-state index in [1.807, 2.05) is 31.2 Å². The first-order valence-electron chi connectivity index (χ1n) is 5.00. The molecule has 16 heavy (non-hydrogen) atoms. The van der Waals surface area contributed by atoms with Crippen molar-refractivity contribution in [2.45, 2.75) is 6.92 Å². The van der Waals surface area contributed by atoms with Crippen LogP contribution in [0, 0.1) is 6.92 Å². The smallest absolute Gasteiger partial charge is 0.294 e. The van der Waals surface area contributed by atoms with Crippen LogP contribution in [0.1, 0.15) is 5.69 Å². The summed E-state index contributed by atoms with van der Waals surface area (Å²) < 4.78 is 10.4. The topological polar surface area (TPSA) is 47.1 Å². The quantitative estimate of drug-likeness (QED) is 0.860. The number of nitrogens with one attached hydrogen (secondary N) is 1. The molecule has 0 aliphatic rings. The zero-order valence-corrected chi connectivity index (χ0v) is 9.57. The van der Waals surface area contributed by atoms with Gasteiger partial charge in [-0.2, -0.15) is 4.98 Å². The molecule has 0 unspecified atom stereocenters. The van der Waals surface area contributed by atoms with E-state index in [1.54, 1.807) is 14.2 Å². The lowest BCUT2D eigenvalue weighted by atomic mass is 10.1. The van der Waals surface area contributed by atoms with Crippen molar-refractivity contribution >= 4 is 0 Å². The molecule has 0 saturated carbocycles. The Morgan fingerprint density at radius 2 is 1.88 bits per heavy atom. The van der Waals surface area contributed by atoms with Gasteiger partial charge < -0.3 is 14.5 Å². The van der Waals surface area contributed by atoms with Gasteiger partial charge in [-0.25, -0.2) is 0 Å². The predicted octanol–water partition coefficient (Wildman–Crippen LogP) is 2.40. The average molecular weight is 218 g/mol. The summed E-state index contributed by atoms with van der Waals surface area (Å²) in [6.45, 7) is 1.96. The Kier molecular flexibility index (Phi) is 2.81. The van der Waals surface area contributed by atoms with Gasteiger partial charge in [-0.05, 0) is 19.1 Å². The Morgan fingerprint density at radius 1 is 1.12 bits per heavy atom. The van der Waals surface area contributed by atoms with Gasteiger partial charge in [0.05, 0.1) is 19.9 Å². The van der Waals surface area contributed by atoms with E-state index in [1.165, 1.54) is 0 Å². The van der Waals surface area contributed by atoms with Gasteiger partial charge in [-0.1, -0.05) is 12.1 Å². The van der Waals surface area contributed by atoms with Crippen molar-refractivity contribution in [2.24, 2.45) is 0 Å². The Hall–Kier alpha value is -1.97. The first-order valence-corrected chi connectivity index (χ1v) is 5.00. The third-order valence-corrected chi connectivity index (χ3v) is 2.42. The molecule has 0 aliphatic carbocycles. The fraction of sp³-hybridized carbons (Fsp3) is 0.250. The molecular formula is C12H14N2O2. The molecule has 1 heterocycles. The summed E-state index contributed by atoms with van der Waals surface area (Å²) in [5.74, 6) is 0.805. The third kappa shape index (κ3) is 1.74. The van der Waals surface area contributed by atoms with E-state index in [9.17, 15) is 0 Å². The number of ether oxygens (including phenoxy) is 2. The van der Waals surface area contributed by atoms with Crippen LogP contribution in [-0.4, -0.2) is 24.2 Å². The lowest BCUT2D eigenvalue weighted by Crippen LogP contribution is -1.89. The number of hydrogen-bond donors (Lipinski definition) is 1. The van der Waals surface area contributed by atoms with Crippen LogP contribution in [0.25, 0.3) is 11.3 Å². The number of methoxy groups -OCH3 is 2. The molecule has 2 rings (SSSR count). The molecule has 2 aromatic rings. The highest BCUT2D eigenvalue weighted by molar-refractivity contribution is 5.69. The second kappa shape index (κ2) is 4.26. The van der Waals surface area contributed by atoms with E-state index in [4.69, 9.17) is 9.47 Å². The highest BCUT2D eigenvalue weighted by Crippen LogP contribution is 2.31. The fourth-order valence-electron chi connectivity index (χ4n) is 1.63. The van der Waals surface area contributed by atoms with Crippen LogP contribution >= 0.6 is 0 Å². The normalized spacial score (nSPS) is 10.2. The molecule has 1 aromatic carbocycles. The average Bonchev–Trinajstić information content (AvgIpc) is 2.70. The summed E-state index contributed by atoms with van der Waals surface area (Å²) in [4.78, 5) is 7.40. The van der Waals surface area contributed by atoms with Crippen LogP contribution in [0.2, 0.25) is 0 Å². The monoisotopic (exact) mass is 218 g/mol. The van der Waals surface area contributed by atoms with Crippen molar-refractivity contribution in [3.8, 4) is 23.0 Å². The number of hydrogen-bond acceptors (Lipinski definition) is 3. The Labute approximate surface area is 94.2 Å². The van der Waals surface area contributed by atoms with Gasteiger partial charge in [-0.15, -0.1) is 0 Å². The van der Waals surface area contributed by atoms with Crippen molar-refractivity contribution in [1.82, 2.24) is 9.97 Å². The first kappa shape index (κ1) is 10.5. The Balaban J connectivity index is 2.53. The molecule has 0 atom stereocenters. The molecule has 1 aromatic heterocycles. The van der Waals surface area contributed by atoms with Crippen LogP contribution in [0.4, 0.5) is 0 Å². The zero-order chi connectivity index (χ0) is 11.5. The Morgan fingerprint density at radius 3 is 2.50 bits per heavy atom. The number of aryl methyl sites for hydroxylation is 1. The van der Waals surface area contributed by atoms with Crippen LogP contribution < -0.4 is 9.47 Å². The highest BCUT2D eigenvalue weighted by atomic mass is 16.5. The number of aromatic amines is 1. The lowest BCUT2D eigenvalue weighted by molar-refractivity contribution is 0.384. The van der Waals surface area contributed by atoms with Gasteiger partial charge in [0, 0.05) is 11.3 Å². The summed E-state index contributed by atoms with van der Waals surface area (Å²) in [7, 11) is 3.24. The standard InChI is InChI=1S/C12H14N2O2/c1-8-11(14-12(13-8)16-3)9-6-4-5-7-10(9)15-2/h4-7H,1-3H3,(H,13,14). The van der Waals surface area contributed by atoms with E-state index in [-0.39, 0.29) is 0 Å². The van der Waals surface area contributed by atoms with E-state index >= 15 is 0 Å². The maximum Gasteiger partial charge on any atom is 0.294 e. The number of aromatic nitrogens is 2. The van der Waals surface area contributed by atoms with Gasteiger partial charge in [0.25, 0.3) is 6.01 Å². The van der Waals surface area contributed by atoms with Gasteiger partial charge >= 0.3 is 0 Å². The summed E-state index contributed by atoms with van der Waals surface area (Å²) in [6.07, 6.45) is 0. The van der Waals surface area contributed by atoms with Gasteiger partial charge in [0.15, 0.2) is 0 Å². The minimum absolute atomic E-state index is 0.512. The van der Waals surface area contributed by atoms with Gasteiger partial charge in [0.2, 0.25) is 0 Å². The van der Waals surface area contributed by atoms with Crippen LogP contribution in [0.3, 0.4) is 0 Å². The number of nitrogens with zero attached hydrogens (tertiary/aromatic N) is 1.